The summed E-state index contributed by atoms with van der Waals surface area (Å²) < 4.78 is 5.23. The van der Waals surface area contributed by atoms with Gasteiger partial charge in [-0.15, -0.1) is 0 Å². The molecule has 194 valence electrons. The number of hydrogen-bond acceptors (Lipinski definition) is 3. The van der Waals surface area contributed by atoms with Crippen LogP contribution < -0.4 is 0 Å². The van der Waals surface area contributed by atoms with Gasteiger partial charge in [-0.3, -0.25) is 4.79 Å². The molecule has 0 bridgehead atoms. The molecule has 1 atom stereocenters. The van der Waals surface area contributed by atoms with Gasteiger partial charge >= 0.3 is 5.97 Å². The molecular weight excluding hydrogens is 408 g/mol. The second-order valence-electron chi connectivity index (χ2n) is 9.58. The van der Waals surface area contributed by atoms with Crippen molar-refractivity contribution in [1.29, 1.82) is 0 Å². The minimum Gasteiger partial charge on any atom is -0.462 e. The second kappa shape index (κ2) is 27.2. The Morgan fingerprint density at radius 1 is 0.636 bits per heavy atom. The number of esters is 1. The van der Waals surface area contributed by atoms with Crippen molar-refractivity contribution < 1.29 is 14.6 Å². The minimum atomic E-state index is -0.244. The number of carbonyl (C=O) groups excluding carboxylic acids is 1. The number of unbranched alkanes of at least 4 members (excludes halogenated alkanes) is 16. The van der Waals surface area contributed by atoms with E-state index in [1.54, 1.807) is 0 Å². The molecule has 0 saturated heterocycles. The highest BCUT2D eigenvalue weighted by Crippen LogP contribution is 2.14. The van der Waals surface area contributed by atoms with Crippen LogP contribution in [-0.2, 0) is 9.53 Å². The third-order valence-electron chi connectivity index (χ3n) is 6.23. The Kier molecular flexibility index (Phi) is 26.3. The van der Waals surface area contributed by atoms with Gasteiger partial charge in [-0.2, -0.15) is 0 Å². The number of aliphatic hydroxyl groups excluding tert-OH is 1. The first kappa shape index (κ1) is 31.9. The van der Waals surface area contributed by atoms with E-state index in [0.29, 0.717) is 6.42 Å². The molecule has 33 heavy (non-hydrogen) atoms. The van der Waals surface area contributed by atoms with E-state index >= 15 is 0 Å². The first-order valence-corrected chi connectivity index (χ1v) is 14.3. The van der Waals surface area contributed by atoms with Crippen LogP contribution in [0.3, 0.4) is 0 Å². The molecule has 0 aromatic heterocycles. The van der Waals surface area contributed by atoms with Crippen LogP contribution in [0.4, 0.5) is 0 Å². The van der Waals surface area contributed by atoms with E-state index in [1.807, 2.05) is 0 Å². The highest BCUT2D eigenvalue weighted by molar-refractivity contribution is 5.66. The predicted octanol–water partition coefficient (Wildman–Crippen LogP) is 9.23. The summed E-state index contributed by atoms with van der Waals surface area (Å²) in [6.45, 7) is 3.80. The molecule has 0 spiro atoms. The average Bonchev–Trinajstić information content (AvgIpc) is 2.79. The van der Waals surface area contributed by atoms with Crippen LogP contribution in [0, 0.1) is 0 Å². The van der Waals surface area contributed by atoms with Crippen LogP contribution in [0.2, 0.25) is 0 Å². The fourth-order valence-electron chi connectivity index (χ4n) is 4.20. The van der Waals surface area contributed by atoms with Crippen molar-refractivity contribution in [3.8, 4) is 0 Å². The fraction of sp³-hybridized carbons (Fsp3) is 0.833. The molecule has 0 aromatic carbocycles. The van der Waals surface area contributed by atoms with Gasteiger partial charge in [-0.05, 0) is 64.2 Å². The Morgan fingerprint density at radius 2 is 1.03 bits per heavy atom. The molecule has 0 aliphatic heterocycles. The van der Waals surface area contributed by atoms with Crippen LogP contribution in [0.1, 0.15) is 149 Å². The lowest BCUT2D eigenvalue weighted by Crippen LogP contribution is -2.17. The topological polar surface area (TPSA) is 46.5 Å². The summed E-state index contributed by atoms with van der Waals surface area (Å²) in [5.41, 5.74) is 0. The fourth-order valence-corrected chi connectivity index (χ4v) is 4.20. The van der Waals surface area contributed by atoms with Gasteiger partial charge < -0.3 is 9.84 Å². The summed E-state index contributed by atoms with van der Waals surface area (Å²) in [6, 6.07) is 0. The predicted molar refractivity (Wildman–Crippen MR) is 144 cm³/mol. The Labute approximate surface area is 206 Å². The molecule has 0 heterocycles. The second-order valence-corrected chi connectivity index (χ2v) is 9.58. The number of aliphatic hydroxyl groups is 1. The van der Waals surface area contributed by atoms with Crippen LogP contribution in [-0.4, -0.2) is 23.8 Å². The monoisotopic (exact) mass is 464 g/mol. The van der Waals surface area contributed by atoms with E-state index in [1.165, 1.54) is 122 Å². The minimum absolute atomic E-state index is 0.0843. The number of hydrogen-bond donors (Lipinski definition) is 1. The zero-order valence-corrected chi connectivity index (χ0v) is 22.2. The van der Waals surface area contributed by atoms with Gasteiger partial charge in [-0.1, -0.05) is 95.4 Å². The molecule has 0 aliphatic rings. The maximum atomic E-state index is 11.0. The van der Waals surface area contributed by atoms with E-state index in [0.717, 1.165) is 12.8 Å². The van der Waals surface area contributed by atoms with Crippen LogP contribution in [0.15, 0.2) is 24.3 Å². The third-order valence-corrected chi connectivity index (χ3v) is 6.23. The largest absolute Gasteiger partial charge is 0.462 e. The summed E-state index contributed by atoms with van der Waals surface area (Å²) in [4.78, 5) is 11.0. The molecule has 0 aliphatic carbocycles. The Balaban J connectivity index is 3.31. The molecule has 1 N–H and O–H groups in total. The van der Waals surface area contributed by atoms with Crippen molar-refractivity contribution in [2.45, 2.75) is 155 Å². The highest BCUT2D eigenvalue weighted by atomic mass is 16.5. The number of ether oxygens (including phenoxy) is 1. The van der Waals surface area contributed by atoms with Crippen LogP contribution in [0.5, 0.6) is 0 Å². The SMILES string of the molecule is CCCCCCCC/C=C\CCCCCC/C=C/CCCCCCC[C@@H](CCO)OC(C)=O. The van der Waals surface area contributed by atoms with Gasteiger partial charge in [0, 0.05) is 20.0 Å². The highest BCUT2D eigenvalue weighted by Gasteiger charge is 2.10. The van der Waals surface area contributed by atoms with E-state index in [4.69, 9.17) is 9.84 Å². The molecule has 0 amide bonds. The smallest absolute Gasteiger partial charge is 0.302 e. The normalized spacial score (nSPS) is 12.7. The molecule has 0 radical (unpaired) electrons. The Bertz CT molecular complexity index is 455. The van der Waals surface area contributed by atoms with E-state index in [2.05, 4.69) is 31.2 Å². The zero-order valence-electron chi connectivity index (χ0n) is 22.2. The first-order chi connectivity index (χ1) is 16.2. The van der Waals surface area contributed by atoms with Gasteiger partial charge in [0.15, 0.2) is 0 Å². The lowest BCUT2D eigenvalue weighted by Gasteiger charge is -2.15. The summed E-state index contributed by atoms with van der Waals surface area (Å²) in [5.74, 6) is -0.244. The van der Waals surface area contributed by atoms with Crippen molar-refractivity contribution in [1.82, 2.24) is 0 Å². The van der Waals surface area contributed by atoms with Crippen molar-refractivity contribution in [3.63, 3.8) is 0 Å². The maximum Gasteiger partial charge on any atom is 0.302 e. The number of allylic oxidation sites excluding steroid dienone is 4. The summed E-state index contributed by atoms with van der Waals surface area (Å²) >= 11 is 0. The van der Waals surface area contributed by atoms with Gasteiger partial charge in [0.1, 0.15) is 6.10 Å². The number of rotatable bonds is 25. The van der Waals surface area contributed by atoms with E-state index < -0.39 is 0 Å². The molecular formula is C30H56O3. The summed E-state index contributed by atoms with van der Waals surface area (Å²) in [7, 11) is 0. The van der Waals surface area contributed by atoms with Crippen molar-refractivity contribution >= 4 is 5.97 Å². The molecule has 0 rings (SSSR count). The van der Waals surface area contributed by atoms with Crippen LogP contribution >= 0.6 is 0 Å². The molecule has 0 saturated carbocycles. The molecule has 0 aromatic rings. The quantitative estimate of drug-likeness (QED) is 0.0831. The Hall–Kier alpha value is -1.09. The maximum absolute atomic E-state index is 11.0. The van der Waals surface area contributed by atoms with E-state index in [-0.39, 0.29) is 18.7 Å². The number of carbonyl (C=O) groups is 1. The standard InChI is InChI=1S/C30H56O3/c1-3-4-5-6-7-8-9-10-11-12-13-14-15-16-17-18-19-20-21-22-23-24-25-26-30(27-28-31)33-29(2)32/h10-11,18-19,30-31H,3-9,12-17,20-28H2,1-2H3/b11-10-,19-18+/t30-/m0/s1. The summed E-state index contributed by atoms with van der Waals surface area (Å²) in [5, 5.41) is 9.03. The lowest BCUT2D eigenvalue weighted by molar-refractivity contribution is -0.147. The third kappa shape index (κ3) is 27.0. The molecule has 0 fully saturated rings. The van der Waals surface area contributed by atoms with Crippen molar-refractivity contribution in [2.24, 2.45) is 0 Å². The lowest BCUT2D eigenvalue weighted by atomic mass is 10.0. The van der Waals surface area contributed by atoms with Crippen LogP contribution in [0.25, 0.3) is 0 Å². The molecule has 3 nitrogen and oxygen atoms in total. The van der Waals surface area contributed by atoms with Gasteiger partial charge in [0.05, 0.1) is 0 Å². The first-order valence-electron chi connectivity index (χ1n) is 14.3. The van der Waals surface area contributed by atoms with Gasteiger partial charge in [0.25, 0.3) is 0 Å². The Morgan fingerprint density at radius 3 is 1.42 bits per heavy atom. The molecule has 3 heteroatoms. The van der Waals surface area contributed by atoms with E-state index in [9.17, 15) is 4.79 Å². The average molecular weight is 465 g/mol. The van der Waals surface area contributed by atoms with Gasteiger partial charge in [0.2, 0.25) is 0 Å². The van der Waals surface area contributed by atoms with Gasteiger partial charge in [-0.25, -0.2) is 0 Å². The van der Waals surface area contributed by atoms with Crippen molar-refractivity contribution in [2.75, 3.05) is 6.61 Å². The van der Waals surface area contributed by atoms with Crippen molar-refractivity contribution in [3.05, 3.63) is 24.3 Å². The molecule has 0 unspecified atom stereocenters. The zero-order chi connectivity index (χ0) is 24.2. The summed E-state index contributed by atoms with van der Waals surface area (Å²) in [6.07, 6.45) is 35.6.